The molecule has 1 aromatic heterocycles. The number of nitrogens with one attached hydrogen (secondary N) is 2. The van der Waals surface area contributed by atoms with E-state index in [0.717, 1.165) is 0 Å². The molecule has 0 radical (unpaired) electrons. The first-order chi connectivity index (χ1) is 7.67. The van der Waals surface area contributed by atoms with Crippen LogP contribution in [0, 0.1) is 0 Å². The van der Waals surface area contributed by atoms with Crippen LogP contribution in [-0.2, 0) is 4.79 Å². The minimum atomic E-state index is 0.00312. The number of aromatic nitrogens is 2. The fraction of sp³-hybridized carbons (Fsp3) is 0.444. The van der Waals surface area contributed by atoms with Gasteiger partial charge < -0.3 is 15.6 Å². The number of rotatable bonds is 5. The van der Waals surface area contributed by atoms with Gasteiger partial charge in [-0.05, 0) is 6.92 Å². The van der Waals surface area contributed by atoms with Gasteiger partial charge in [0.15, 0.2) is 0 Å². The lowest BCUT2D eigenvalue weighted by atomic mass is 10.4. The molecule has 88 valence electrons. The molecule has 0 saturated heterocycles. The molecule has 0 saturated carbocycles. The maximum atomic E-state index is 11.5. The summed E-state index contributed by atoms with van der Waals surface area (Å²) in [6.07, 6.45) is 1.37. The molecule has 0 atom stereocenters. The average Bonchev–Trinajstić information content (AvgIpc) is 2.35. The average molecular weight is 224 g/mol. The van der Waals surface area contributed by atoms with Crippen molar-refractivity contribution in [2.45, 2.75) is 6.92 Å². The topological polar surface area (TPSA) is 96.2 Å². The zero-order valence-corrected chi connectivity index (χ0v) is 9.40. The number of likely N-dealkylation sites (N-methyl/N-ethyl adjacent to an activating group) is 1. The first-order valence-corrected chi connectivity index (χ1v) is 4.94. The van der Waals surface area contributed by atoms with E-state index < -0.39 is 0 Å². The van der Waals surface area contributed by atoms with Crippen molar-refractivity contribution in [3.05, 3.63) is 12.4 Å². The lowest BCUT2D eigenvalue weighted by molar-refractivity contribution is -0.127. The number of hydrogen-bond acceptors (Lipinski definition) is 6. The predicted molar refractivity (Wildman–Crippen MR) is 61.6 cm³/mol. The molecule has 0 spiro atoms. The molecule has 0 unspecified atom stereocenters. The molecule has 7 nitrogen and oxygen atoms in total. The largest absolute Gasteiger partial charge is 0.361 e. The second-order valence-corrected chi connectivity index (χ2v) is 3.19. The quantitative estimate of drug-likeness (QED) is 0.467. The molecule has 0 aliphatic heterocycles. The van der Waals surface area contributed by atoms with Crippen LogP contribution in [0.4, 0.5) is 11.6 Å². The number of nitrogens with zero attached hydrogens (tertiary/aromatic N) is 3. The molecule has 1 aromatic rings. The monoisotopic (exact) mass is 224 g/mol. The summed E-state index contributed by atoms with van der Waals surface area (Å²) in [5.74, 6) is 6.25. The maximum Gasteiger partial charge on any atom is 0.241 e. The Labute approximate surface area is 94.0 Å². The zero-order chi connectivity index (χ0) is 12.0. The van der Waals surface area contributed by atoms with E-state index in [2.05, 4.69) is 20.7 Å². The van der Waals surface area contributed by atoms with Gasteiger partial charge in [0.2, 0.25) is 5.91 Å². The third-order valence-corrected chi connectivity index (χ3v) is 2.14. The standard InChI is InChI=1S/C9H16N6O/c1-3-15(2)9(16)5-11-7-4-8(14-10)13-6-12-7/h4,6H,3,5,10H2,1-2H3,(H2,11,12,13,14). The predicted octanol–water partition coefficient (Wildman–Crippen LogP) is -0.348. The van der Waals surface area contributed by atoms with Crippen molar-refractivity contribution in [1.82, 2.24) is 14.9 Å². The summed E-state index contributed by atoms with van der Waals surface area (Å²) in [6.45, 7) is 2.80. The number of hydrazine groups is 1. The highest BCUT2D eigenvalue weighted by molar-refractivity contribution is 5.80. The molecule has 0 bridgehead atoms. The SMILES string of the molecule is CCN(C)C(=O)CNc1cc(NN)ncn1. The van der Waals surface area contributed by atoms with Gasteiger partial charge in [-0.3, -0.25) is 4.79 Å². The molecule has 7 heteroatoms. The van der Waals surface area contributed by atoms with Crippen LogP contribution in [0.15, 0.2) is 12.4 Å². The first-order valence-electron chi connectivity index (χ1n) is 4.94. The Morgan fingerprint density at radius 1 is 1.50 bits per heavy atom. The van der Waals surface area contributed by atoms with Crippen LogP contribution in [0.1, 0.15) is 6.92 Å². The van der Waals surface area contributed by atoms with Crippen LogP contribution < -0.4 is 16.6 Å². The summed E-state index contributed by atoms with van der Waals surface area (Å²) >= 11 is 0. The molecule has 0 aromatic carbocycles. The van der Waals surface area contributed by atoms with Crippen LogP contribution in [-0.4, -0.2) is 40.9 Å². The van der Waals surface area contributed by atoms with Crippen molar-refractivity contribution in [3.8, 4) is 0 Å². The minimum Gasteiger partial charge on any atom is -0.361 e. The molecule has 1 amide bonds. The minimum absolute atomic E-state index is 0.00312. The van der Waals surface area contributed by atoms with Crippen molar-refractivity contribution in [2.24, 2.45) is 5.84 Å². The highest BCUT2D eigenvalue weighted by atomic mass is 16.2. The van der Waals surface area contributed by atoms with Gasteiger partial charge in [0.25, 0.3) is 0 Å². The number of carbonyl (C=O) groups excluding carboxylic acids is 1. The van der Waals surface area contributed by atoms with E-state index in [4.69, 9.17) is 5.84 Å². The molecule has 0 fully saturated rings. The van der Waals surface area contributed by atoms with Crippen molar-refractivity contribution in [1.29, 1.82) is 0 Å². The van der Waals surface area contributed by atoms with Crippen LogP contribution in [0.3, 0.4) is 0 Å². The molecular formula is C9H16N6O. The van der Waals surface area contributed by atoms with Gasteiger partial charge in [-0.1, -0.05) is 0 Å². The summed E-state index contributed by atoms with van der Waals surface area (Å²) < 4.78 is 0. The lowest BCUT2D eigenvalue weighted by Crippen LogP contribution is -2.32. The van der Waals surface area contributed by atoms with E-state index in [0.29, 0.717) is 18.2 Å². The van der Waals surface area contributed by atoms with Crippen LogP contribution in [0.5, 0.6) is 0 Å². The molecule has 0 aliphatic rings. The second kappa shape index (κ2) is 5.86. The Kier molecular flexibility index (Phi) is 4.46. The summed E-state index contributed by atoms with van der Waals surface area (Å²) in [7, 11) is 1.75. The third-order valence-electron chi connectivity index (χ3n) is 2.14. The van der Waals surface area contributed by atoms with Crippen LogP contribution in [0.2, 0.25) is 0 Å². The van der Waals surface area contributed by atoms with E-state index in [9.17, 15) is 4.79 Å². The Morgan fingerprint density at radius 2 is 2.19 bits per heavy atom. The highest BCUT2D eigenvalue weighted by Crippen LogP contribution is 2.06. The fourth-order valence-electron chi connectivity index (χ4n) is 1.01. The first kappa shape index (κ1) is 12.2. The van der Waals surface area contributed by atoms with Gasteiger partial charge in [0.05, 0.1) is 6.54 Å². The molecule has 4 N–H and O–H groups in total. The zero-order valence-electron chi connectivity index (χ0n) is 9.40. The van der Waals surface area contributed by atoms with Crippen molar-refractivity contribution in [3.63, 3.8) is 0 Å². The number of amides is 1. The Bertz CT molecular complexity index is 356. The van der Waals surface area contributed by atoms with Gasteiger partial charge in [-0.15, -0.1) is 0 Å². The summed E-state index contributed by atoms with van der Waals surface area (Å²) in [5.41, 5.74) is 2.40. The van der Waals surface area contributed by atoms with E-state index >= 15 is 0 Å². The van der Waals surface area contributed by atoms with Gasteiger partial charge in [-0.25, -0.2) is 15.8 Å². The summed E-state index contributed by atoms with van der Waals surface area (Å²) in [5, 5.41) is 2.90. The smallest absolute Gasteiger partial charge is 0.241 e. The molecule has 1 heterocycles. The van der Waals surface area contributed by atoms with Crippen molar-refractivity contribution in [2.75, 3.05) is 30.9 Å². The summed E-state index contributed by atoms with van der Waals surface area (Å²) in [6, 6.07) is 1.62. The van der Waals surface area contributed by atoms with Gasteiger partial charge in [0.1, 0.15) is 18.0 Å². The van der Waals surface area contributed by atoms with E-state index in [1.807, 2.05) is 6.92 Å². The molecule has 16 heavy (non-hydrogen) atoms. The highest BCUT2D eigenvalue weighted by Gasteiger charge is 2.06. The maximum absolute atomic E-state index is 11.5. The van der Waals surface area contributed by atoms with Gasteiger partial charge in [-0.2, -0.15) is 0 Å². The normalized spacial score (nSPS) is 9.69. The molecular weight excluding hydrogens is 208 g/mol. The Morgan fingerprint density at radius 3 is 2.81 bits per heavy atom. The van der Waals surface area contributed by atoms with Crippen molar-refractivity contribution < 1.29 is 4.79 Å². The molecule has 1 rings (SSSR count). The number of carbonyl (C=O) groups is 1. The van der Waals surface area contributed by atoms with Crippen LogP contribution in [0.25, 0.3) is 0 Å². The van der Waals surface area contributed by atoms with Crippen molar-refractivity contribution >= 4 is 17.5 Å². The van der Waals surface area contributed by atoms with Gasteiger partial charge in [0, 0.05) is 19.7 Å². The Hall–Kier alpha value is -1.89. The van der Waals surface area contributed by atoms with E-state index in [1.165, 1.54) is 6.33 Å². The number of anilines is 2. The van der Waals surface area contributed by atoms with E-state index in [-0.39, 0.29) is 12.5 Å². The Balaban J connectivity index is 2.51. The lowest BCUT2D eigenvalue weighted by Gasteiger charge is -2.14. The number of nitrogens with two attached hydrogens (primary N) is 1. The number of hydrogen-bond donors (Lipinski definition) is 3. The van der Waals surface area contributed by atoms with E-state index in [1.54, 1.807) is 18.0 Å². The van der Waals surface area contributed by atoms with Crippen LogP contribution >= 0.6 is 0 Å². The summed E-state index contributed by atoms with van der Waals surface area (Å²) in [4.78, 5) is 20.9. The second-order valence-electron chi connectivity index (χ2n) is 3.19. The molecule has 0 aliphatic carbocycles. The van der Waals surface area contributed by atoms with Gasteiger partial charge >= 0.3 is 0 Å². The number of nitrogen functional groups attached to an aromatic ring is 1. The third kappa shape index (κ3) is 3.35. The fourth-order valence-corrected chi connectivity index (χ4v) is 1.01.